The Bertz CT molecular complexity index is 512. The quantitative estimate of drug-likeness (QED) is 0.611. The van der Waals surface area contributed by atoms with Crippen LogP contribution in [0, 0.1) is 3.57 Å². The summed E-state index contributed by atoms with van der Waals surface area (Å²) in [4.78, 5) is 13.4. The van der Waals surface area contributed by atoms with E-state index < -0.39 is 39.2 Å². The van der Waals surface area contributed by atoms with Crippen LogP contribution in [-0.2, 0) is 6.18 Å². The lowest BCUT2D eigenvalue weighted by Gasteiger charge is -2.14. The molecule has 0 amide bonds. The van der Waals surface area contributed by atoms with E-state index in [1.165, 1.54) is 0 Å². The standard InChI is InChI=1S/C8H2F6INO3/c9-7(10,11)3-1-2(19-8(12,13)14)4(15)5(16-3)6(17)18/h1H,(H,17,18). The summed E-state index contributed by atoms with van der Waals surface area (Å²) in [6, 6.07) is -0.0122. The molecule has 11 heteroatoms. The first-order valence-corrected chi connectivity index (χ1v) is 5.26. The van der Waals surface area contributed by atoms with Crippen molar-refractivity contribution >= 4 is 28.6 Å². The van der Waals surface area contributed by atoms with E-state index in [2.05, 4.69) is 9.72 Å². The zero-order chi connectivity index (χ0) is 15.0. The molecule has 0 radical (unpaired) electrons. The largest absolute Gasteiger partial charge is 0.573 e. The number of pyridine rings is 1. The van der Waals surface area contributed by atoms with E-state index in [9.17, 15) is 31.1 Å². The third kappa shape index (κ3) is 4.11. The molecule has 0 atom stereocenters. The highest BCUT2D eigenvalue weighted by Crippen LogP contribution is 2.35. The molecule has 0 aliphatic heterocycles. The molecule has 0 saturated carbocycles. The first-order valence-electron chi connectivity index (χ1n) is 4.18. The Morgan fingerprint density at radius 3 is 2.16 bits per heavy atom. The number of nitrogens with zero attached hydrogens (tertiary/aromatic N) is 1. The Balaban J connectivity index is 3.45. The number of ether oxygens (including phenoxy) is 1. The number of carboxylic acids is 1. The first-order chi connectivity index (χ1) is 8.42. The molecule has 1 N–H and O–H groups in total. The van der Waals surface area contributed by atoms with Gasteiger partial charge >= 0.3 is 18.5 Å². The first kappa shape index (κ1) is 15.8. The summed E-state index contributed by atoms with van der Waals surface area (Å²) in [7, 11) is 0. The van der Waals surface area contributed by atoms with E-state index in [-0.39, 0.29) is 6.07 Å². The van der Waals surface area contributed by atoms with Crippen LogP contribution in [0.5, 0.6) is 5.75 Å². The van der Waals surface area contributed by atoms with Crippen LogP contribution in [0.15, 0.2) is 6.07 Å². The molecule has 0 fully saturated rings. The van der Waals surface area contributed by atoms with Gasteiger partial charge in [0.25, 0.3) is 0 Å². The molecular formula is C8H2F6INO3. The summed E-state index contributed by atoms with van der Waals surface area (Å²) in [5.41, 5.74) is -2.96. The van der Waals surface area contributed by atoms with Gasteiger partial charge in [-0.2, -0.15) is 13.2 Å². The fraction of sp³-hybridized carbons (Fsp3) is 0.250. The SMILES string of the molecule is O=C(O)c1nc(C(F)(F)F)cc(OC(F)(F)F)c1I. The highest BCUT2D eigenvalue weighted by Gasteiger charge is 2.38. The number of alkyl halides is 6. The minimum absolute atomic E-state index is 0.0122. The van der Waals surface area contributed by atoms with Crippen molar-refractivity contribution in [1.29, 1.82) is 0 Å². The minimum Gasteiger partial charge on any atom is -0.476 e. The van der Waals surface area contributed by atoms with Crippen molar-refractivity contribution in [3.63, 3.8) is 0 Å². The maximum Gasteiger partial charge on any atom is 0.573 e. The molecule has 0 aliphatic rings. The lowest BCUT2D eigenvalue weighted by atomic mass is 10.2. The van der Waals surface area contributed by atoms with Crippen molar-refractivity contribution in [3.8, 4) is 5.75 Å². The predicted molar refractivity (Wildman–Crippen MR) is 55.6 cm³/mol. The van der Waals surface area contributed by atoms with Crippen LogP contribution in [0.2, 0.25) is 0 Å². The van der Waals surface area contributed by atoms with Gasteiger partial charge < -0.3 is 9.84 Å². The summed E-state index contributed by atoms with van der Waals surface area (Å²) in [5, 5.41) is 8.61. The average molecular weight is 401 g/mol. The van der Waals surface area contributed by atoms with Crippen molar-refractivity contribution in [1.82, 2.24) is 4.98 Å². The third-order valence-electron chi connectivity index (χ3n) is 1.64. The van der Waals surface area contributed by atoms with Crippen LogP contribution in [0.25, 0.3) is 0 Å². The van der Waals surface area contributed by atoms with Gasteiger partial charge in [-0.25, -0.2) is 9.78 Å². The van der Waals surface area contributed by atoms with Crippen molar-refractivity contribution in [3.05, 3.63) is 21.0 Å². The Hall–Kier alpha value is -1.27. The number of rotatable bonds is 2. The van der Waals surface area contributed by atoms with Crippen LogP contribution in [-0.4, -0.2) is 22.4 Å². The van der Waals surface area contributed by atoms with E-state index in [1.54, 1.807) is 0 Å². The Morgan fingerprint density at radius 1 is 1.26 bits per heavy atom. The molecule has 1 aromatic rings. The van der Waals surface area contributed by atoms with Crippen LogP contribution < -0.4 is 4.74 Å². The summed E-state index contributed by atoms with van der Waals surface area (Å²) < 4.78 is 75.8. The topological polar surface area (TPSA) is 59.4 Å². The molecule has 0 unspecified atom stereocenters. The Labute approximate surface area is 114 Å². The second-order valence-corrected chi connectivity index (χ2v) is 4.10. The van der Waals surface area contributed by atoms with E-state index in [0.29, 0.717) is 0 Å². The van der Waals surface area contributed by atoms with Gasteiger partial charge in [0, 0.05) is 6.07 Å². The second-order valence-electron chi connectivity index (χ2n) is 3.02. The Kier molecular flexibility index (Phi) is 4.17. The number of aromatic carboxylic acids is 1. The molecule has 106 valence electrons. The highest BCUT2D eigenvalue weighted by molar-refractivity contribution is 14.1. The number of aromatic nitrogens is 1. The fourth-order valence-corrected chi connectivity index (χ4v) is 1.61. The molecule has 1 heterocycles. The molecule has 1 aromatic heterocycles. The third-order valence-corrected chi connectivity index (χ3v) is 2.69. The Morgan fingerprint density at radius 2 is 1.79 bits per heavy atom. The number of carbonyl (C=O) groups is 1. The lowest BCUT2D eigenvalue weighted by molar-refractivity contribution is -0.275. The molecular weight excluding hydrogens is 399 g/mol. The molecule has 0 bridgehead atoms. The van der Waals surface area contributed by atoms with Gasteiger partial charge in [-0.05, 0) is 22.6 Å². The second kappa shape index (κ2) is 5.02. The minimum atomic E-state index is -5.25. The van der Waals surface area contributed by atoms with Crippen molar-refractivity contribution in [2.75, 3.05) is 0 Å². The molecule has 0 spiro atoms. The van der Waals surface area contributed by atoms with Gasteiger partial charge in [0.2, 0.25) is 0 Å². The van der Waals surface area contributed by atoms with Gasteiger partial charge in [0.1, 0.15) is 11.4 Å². The van der Waals surface area contributed by atoms with Crippen molar-refractivity contribution in [2.24, 2.45) is 0 Å². The van der Waals surface area contributed by atoms with Gasteiger partial charge in [-0.3, -0.25) is 0 Å². The van der Waals surface area contributed by atoms with Gasteiger partial charge in [0.15, 0.2) is 5.69 Å². The van der Waals surface area contributed by atoms with Crippen LogP contribution in [0.1, 0.15) is 16.2 Å². The molecule has 0 saturated heterocycles. The van der Waals surface area contributed by atoms with Crippen LogP contribution >= 0.6 is 22.6 Å². The maximum atomic E-state index is 12.4. The summed E-state index contributed by atoms with van der Waals surface area (Å²) in [6.45, 7) is 0. The summed E-state index contributed by atoms with van der Waals surface area (Å²) in [5.74, 6) is -3.17. The zero-order valence-electron chi connectivity index (χ0n) is 8.43. The summed E-state index contributed by atoms with van der Waals surface area (Å²) >= 11 is 1.11. The monoisotopic (exact) mass is 401 g/mol. The molecule has 0 aliphatic carbocycles. The van der Waals surface area contributed by atoms with Gasteiger partial charge in [-0.15, -0.1) is 13.2 Å². The molecule has 1 rings (SSSR count). The average Bonchev–Trinajstić information content (AvgIpc) is 2.16. The highest BCUT2D eigenvalue weighted by atomic mass is 127. The van der Waals surface area contributed by atoms with Crippen molar-refractivity contribution in [2.45, 2.75) is 12.5 Å². The lowest BCUT2D eigenvalue weighted by Crippen LogP contribution is -2.21. The smallest absolute Gasteiger partial charge is 0.476 e. The van der Waals surface area contributed by atoms with Gasteiger partial charge in [0.05, 0.1) is 3.57 Å². The van der Waals surface area contributed by atoms with Gasteiger partial charge in [-0.1, -0.05) is 0 Å². The number of hydrogen-bond donors (Lipinski definition) is 1. The van der Waals surface area contributed by atoms with E-state index >= 15 is 0 Å². The summed E-state index contributed by atoms with van der Waals surface area (Å²) in [6.07, 6.45) is -10.3. The van der Waals surface area contributed by atoms with Crippen LogP contribution in [0.3, 0.4) is 0 Å². The van der Waals surface area contributed by atoms with Crippen LogP contribution in [0.4, 0.5) is 26.3 Å². The molecule has 19 heavy (non-hydrogen) atoms. The van der Waals surface area contributed by atoms with E-state index in [1.807, 2.05) is 0 Å². The van der Waals surface area contributed by atoms with E-state index in [4.69, 9.17) is 5.11 Å². The van der Waals surface area contributed by atoms with E-state index in [0.717, 1.165) is 22.6 Å². The zero-order valence-corrected chi connectivity index (χ0v) is 10.6. The normalized spacial score (nSPS) is 12.4. The maximum absolute atomic E-state index is 12.4. The number of halogens is 7. The van der Waals surface area contributed by atoms with Crippen molar-refractivity contribution < 1.29 is 41.0 Å². The predicted octanol–water partition coefficient (Wildman–Crippen LogP) is 3.30. The number of hydrogen-bond acceptors (Lipinski definition) is 3. The number of carboxylic acid groups (broad SMARTS) is 1. The molecule has 0 aromatic carbocycles. The molecule has 4 nitrogen and oxygen atoms in total. The fourth-order valence-electron chi connectivity index (χ4n) is 0.992.